The average Bonchev–Trinajstić information content (AvgIpc) is 3.16. The van der Waals surface area contributed by atoms with Crippen molar-refractivity contribution in [1.82, 2.24) is 10.1 Å². The van der Waals surface area contributed by atoms with Crippen LogP contribution in [0.3, 0.4) is 0 Å². The zero-order valence-electron chi connectivity index (χ0n) is 12.6. The Kier molecular flexibility index (Phi) is 4.22. The smallest absolute Gasteiger partial charge is 0.276 e. The molecule has 3 rings (SSSR count). The van der Waals surface area contributed by atoms with Crippen LogP contribution in [0.2, 0.25) is 0 Å². The Morgan fingerprint density at radius 2 is 2.32 bits per heavy atom. The van der Waals surface area contributed by atoms with Crippen molar-refractivity contribution in [1.29, 1.82) is 0 Å². The fourth-order valence-corrected chi connectivity index (χ4v) is 3.00. The van der Waals surface area contributed by atoms with Crippen molar-refractivity contribution in [2.24, 2.45) is 0 Å². The predicted molar refractivity (Wildman–Crippen MR) is 79.9 cm³/mol. The first-order valence-corrected chi connectivity index (χ1v) is 7.71. The number of nitrogens with zero attached hydrogens (tertiary/aromatic N) is 2. The topological polar surface area (TPSA) is 46.3 Å². The monoisotopic (exact) mass is 302 g/mol. The molecule has 1 aromatic heterocycles. The number of aryl methyl sites for hydroxylation is 1. The van der Waals surface area contributed by atoms with E-state index in [-0.39, 0.29) is 17.8 Å². The summed E-state index contributed by atoms with van der Waals surface area (Å²) in [6.07, 6.45) is 3.47. The van der Waals surface area contributed by atoms with Gasteiger partial charge in [0.2, 0.25) is 0 Å². The molecule has 0 aliphatic carbocycles. The molecule has 5 heteroatoms. The van der Waals surface area contributed by atoms with Crippen molar-refractivity contribution in [3.8, 4) is 0 Å². The van der Waals surface area contributed by atoms with Crippen LogP contribution in [-0.2, 0) is 6.42 Å². The van der Waals surface area contributed by atoms with Gasteiger partial charge in [-0.3, -0.25) is 4.79 Å². The first-order valence-electron chi connectivity index (χ1n) is 7.71. The highest BCUT2D eigenvalue weighted by molar-refractivity contribution is 5.92. The molecule has 2 aromatic rings. The third-order valence-corrected chi connectivity index (χ3v) is 4.02. The molecule has 0 bridgehead atoms. The van der Waals surface area contributed by atoms with E-state index in [4.69, 9.17) is 4.52 Å². The molecular weight excluding hydrogens is 283 g/mol. The van der Waals surface area contributed by atoms with Crippen LogP contribution < -0.4 is 0 Å². The van der Waals surface area contributed by atoms with Gasteiger partial charge in [0.25, 0.3) is 5.91 Å². The van der Waals surface area contributed by atoms with Gasteiger partial charge in [0.1, 0.15) is 11.6 Å². The number of likely N-dealkylation sites (tertiary alicyclic amines) is 1. The Labute approximate surface area is 128 Å². The third kappa shape index (κ3) is 2.89. The normalized spacial score (nSPS) is 17.9. The maximum Gasteiger partial charge on any atom is 0.276 e. The maximum absolute atomic E-state index is 13.4. The first kappa shape index (κ1) is 14.8. The second kappa shape index (κ2) is 6.30. The van der Waals surface area contributed by atoms with Crippen molar-refractivity contribution in [2.75, 3.05) is 6.54 Å². The van der Waals surface area contributed by atoms with Crippen molar-refractivity contribution in [3.63, 3.8) is 0 Å². The summed E-state index contributed by atoms with van der Waals surface area (Å²) in [5.74, 6) is 0.314. The predicted octanol–water partition coefficient (Wildman–Crippen LogP) is 3.74. The highest BCUT2D eigenvalue weighted by atomic mass is 19.1. The van der Waals surface area contributed by atoms with E-state index in [0.717, 1.165) is 37.0 Å². The Hall–Kier alpha value is -2.17. The number of amides is 1. The summed E-state index contributed by atoms with van der Waals surface area (Å²) in [5.41, 5.74) is 1.18. The highest BCUT2D eigenvalue weighted by Gasteiger charge is 2.32. The molecule has 1 amide bonds. The van der Waals surface area contributed by atoms with Crippen LogP contribution in [-0.4, -0.2) is 22.5 Å². The minimum atomic E-state index is -0.275. The Bertz CT molecular complexity index is 668. The molecule has 1 atom stereocenters. The van der Waals surface area contributed by atoms with Gasteiger partial charge in [0.05, 0.1) is 6.04 Å². The molecule has 1 unspecified atom stereocenters. The zero-order chi connectivity index (χ0) is 15.5. The summed E-state index contributed by atoms with van der Waals surface area (Å²) in [6.45, 7) is 2.71. The molecule has 1 aromatic carbocycles. The van der Waals surface area contributed by atoms with Crippen molar-refractivity contribution >= 4 is 5.91 Å². The maximum atomic E-state index is 13.4. The fourth-order valence-electron chi connectivity index (χ4n) is 3.00. The molecule has 116 valence electrons. The van der Waals surface area contributed by atoms with E-state index in [9.17, 15) is 9.18 Å². The van der Waals surface area contributed by atoms with Gasteiger partial charge in [-0.25, -0.2) is 4.39 Å². The zero-order valence-corrected chi connectivity index (χ0v) is 12.6. The molecule has 4 nitrogen and oxygen atoms in total. The van der Waals surface area contributed by atoms with Gasteiger partial charge in [-0.2, -0.15) is 0 Å². The molecule has 0 N–H and O–H groups in total. The minimum absolute atomic E-state index is 0.0884. The molecule has 22 heavy (non-hydrogen) atoms. The Morgan fingerprint density at radius 1 is 1.45 bits per heavy atom. The number of rotatable bonds is 4. The van der Waals surface area contributed by atoms with E-state index in [2.05, 4.69) is 5.16 Å². The summed E-state index contributed by atoms with van der Waals surface area (Å²) in [4.78, 5) is 14.4. The number of carbonyl (C=O) groups excluding carboxylic acids is 1. The van der Waals surface area contributed by atoms with E-state index in [1.54, 1.807) is 17.0 Å². The average molecular weight is 302 g/mol. The van der Waals surface area contributed by atoms with Crippen molar-refractivity contribution in [3.05, 3.63) is 53.2 Å². The van der Waals surface area contributed by atoms with Gasteiger partial charge in [-0.1, -0.05) is 24.2 Å². The summed E-state index contributed by atoms with van der Waals surface area (Å²) >= 11 is 0. The van der Waals surface area contributed by atoms with Crippen LogP contribution in [0.25, 0.3) is 0 Å². The van der Waals surface area contributed by atoms with Crippen LogP contribution in [0.1, 0.15) is 54.0 Å². The number of carbonyl (C=O) groups is 1. The standard InChI is InChI=1S/C17H19FN2O2/c1-2-5-14-11-15(19-22-14)17(21)20-9-4-8-16(20)12-6-3-7-13(18)10-12/h3,6-7,10-11,16H,2,4-5,8-9H2,1H3. The molecule has 0 saturated carbocycles. The molecule has 0 spiro atoms. The molecule has 2 heterocycles. The second-order valence-electron chi connectivity index (χ2n) is 5.64. The van der Waals surface area contributed by atoms with E-state index in [0.29, 0.717) is 12.2 Å². The lowest BCUT2D eigenvalue weighted by Crippen LogP contribution is -2.30. The van der Waals surface area contributed by atoms with Crippen LogP contribution in [0.15, 0.2) is 34.9 Å². The Balaban J connectivity index is 1.81. The number of aromatic nitrogens is 1. The van der Waals surface area contributed by atoms with Gasteiger partial charge in [-0.05, 0) is 37.0 Å². The van der Waals surface area contributed by atoms with Gasteiger partial charge in [-0.15, -0.1) is 0 Å². The molecule has 1 saturated heterocycles. The van der Waals surface area contributed by atoms with Crippen molar-refractivity contribution in [2.45, 2.75) is 38.6 Å². The van der Waals surface area contributed by atoms with Crippen LogP contribution in [0, 0.1) is 5.82 Å². The number of benzene rings is 1. The van der Waals surface area contributed by atoms with Gasteiger partial charge in [0.15, 0.2) is 5.69 Å². The van der Waals surface area contributed by atoms with Crippen LogP contribution in [0.5, 0.6) is 0 Å². The summed E-state index contributed by atoms with van der Waals surface area (Å²) in [5, 5.41) is 3.88. The summed E-state index contributed by atoms with van der Waals surface area (Å²) < 4.78 is 18.6. The second-order valence-corrected chi connectivity index (χ2v) is 5.64. The molecule has 0 radical (unpaired) electrons. The lowest BCUT2D eigenvalue weighted by molar-refractivity contribution is 0.0725. The quantitative estimate of drug-likeness (QED) is 0.864. The number of hydrogen-bond acceptors (Lipinski definition) is 3. The van der Waals surface area contributed by atoms with E-state index in [1.165, 1.54) is 12.1 Å². The van der Waals surface area contributed by atoms with Crippen LogP contribution >= 0.6 is 0 Å². The SMILES string of the molecule is CCCc1cc(C(=O)N2CCCC2c2cccc(F)c2)no1. The lowest BCUT2D eigenvalue weighted by Gasteiger charge is -2.24. The van der Waals surface area contributed by atoms with E-state index in [1.807, 2.05) is 13.0 Å². The summed E-state index contributed by atoms with van der Waals surface area (Å²) in [6, 6.07) is 8.09. The minimum Gasteiger partial charge on any atom is -0.361 e. The molecule has 1 aliphatic rings. The largest absolute Gasteiger partial charge is 0.361 e. The fraction of sp³-hybridized carbons (Fsp3) is 0.412. The molecular formula is C17H19FN2O2. The van der Waals surface area contributed by atoms with E-state index >= 15 is 0 Å². The Morgan fingerprint density at radius 3 is 3.09 bits per heavy atom. The lowest BCUT2D eigenvalue weighted by atomic mass is 10.0. The van der Waals surface area contributed by atoms with Crippen molar-refractivity contribution < 1.29 is 13.7 Å². The van der Waals surface area contributed by atoms with Gasteiger partial charge in [0, 0.05) is 19.0 Å². The number of halogens is 1. The van der Waals surface area contributed by atoms with Gasteiger partial charge >= 0.3 is 0 Å². The first-order chi connectivity index (χ1) is 10.7. The third-order valence-electron chi connectivity index (χ3n) is 4.02. The van der Waals surface area contributed by atoms with Gasteiger partial charge < -0.3 is 9.42 Å². The summed E-state index contributed by atoms with van der Waals surface area (Å²) in [7, 11) is 0. The highest BCUT2D eigenvalue weighted by Crippen LogP contribution is 2.33. The molecule has 1 fully saturated rings. The van der Waals surface area contributed by atoms with Crippen LogP contribution in [0.4, 0.5) is 4.39 Å². The number of hydrogen-bond donors (Lipinski definition) is 0. The molecule has 1 aliphatic heterocycles. The van der Waals surface area contributed by atoms with E-state index < -0.39 is 0 Å².